The smallest absolute Gasteiger partial charge is 0.0731 e. The van der Waals surface area contributed by atoms with Crippen molar-refractivity contribution in [3.05, 3.63) is 383 Å². The quantitative estimate of drug-likeness (QED) is 0.150. The maximum atomic E-state index is 2.53. The zero-order chi connectivity index (χ0) is 62.7. The molecule has 0 saturated heterocycles. The molecule has 16 aromatic rings. The van der Waals surface area contributed by atoms with Crippen LogP contribution in [0.15, 0.2) is 328 Å². The van der Waals surface area contributed by atoms with Gasteiger partial charge in [0, 0.05) is 34.1 Å². The first-order valence-corrected chi connectivity index (χ1v) is 33.5. The number of aryl methyl sites for hydroxylation is 2. The average Bonchev–Trinajstić information content (AvgIpc) is 1.51. The van der Waals surface area contributed by atoms with Crippen LogP contribution in [0.4, 0.5) is 34.1 Å². The second-order valence-corrected chi connectivity index (χ2v) is 26.6. The van der Waals surface area contributed by atoms with Crippen LogP contribution in [0, 0.1) is 6.92 Å². The molecule has 0 aromatic heterocycles. The van der Waals surface area contributed by atoms with Gasteiger partial charge in [-0.1, -0.05) is 231 Å². The van der Waals surface area contributed by atoms with Crippen LogP contribution in [0.2, 0.25) is 0 Å². The van der Waals surface area contributed by atoms with Crippen LogP contribution in [0.1, 0.15) is 62.6 Å². The lowest BCUT2D eigenvalue weighted by molar-refractivity contribution is 0.802. The van der Waals surface area contributed by atoms with Gasteiger partial charge in [-0.2, -0.15) is 0 Å². The number of hydrogen-bond acceptors (Lipinski definition) is 2. The van der Waals surface area contributed by atoms with Crippen LogP contribution in [-0.4, -0.2) is 0 Å². The average molecular weight is 1210 g/mol. The highest BCUT2D eigenvalue weighted by atomic mass is 15.1. The molecule has 0 bridgehead atoms. The van der Waals surface area contributed by atoms with E-state index in [0.29, 0.717) is 0 Å². The number of anilines is 6. The third-order valence-corrected chi connectivity index (χ3v) is 21.7. The molecule has 2 nitrogen and oxygen atoms in total. The largest absolute Gasteiger partial charge is 0.310 e. The highest BCUT2D eigenvalue weighted by Crippen LogP contribution is 2.67. The highest BCUT2D eigenvalue weighted by Gasteiger charge is 2.54. The Hall–Kier alpha value is -11.8. The SMILES string of the molecule is CCc1ccc(N(c2ccccc2)c2ccc3c4c(ccc3c2)-c2cc3cc(-c5cc(C)cc(N(c6ccccc6)c6ccc7c8c(ccc7c6)-c6cc7ccccc7cc6C86c7ccccc7-c7ccccc76)c5)ccc3cc2C42c3ccccc3-c3ccccc32)cc1. The van der Waals surface area contributed by atoms with Crippen LogP contribution >= 0.6 is 0 Å². The lowest BCUT2D eigenvalue weighted by Crippen LogP contribution is -2.26. The minimum atomic E-state index is -0.537. The van der Waals surface area contributed by atoms with Gasteiger partial charge in [0.1, 0.15) is 0 Å². The number of hydrogen-bond donors (Lipinski definition) is 0. The molecular weight excluding hydrogens is 1150 g/mol. The molecule has 0 amide bonds. The predicted octanol–water partition coefficient (Wildman–Crippen LogP) is 24.5. The fourth-order valence-electron chi connectivity index (χ4n) is 17.8. The third kappa shape index (κ3) is 7.57. The Kier molecular flexibility index (Phi) is 11.5. The molecular formula is C93H62N2. The molecule has 2 spiro atoms. The molecule has 4 aliphatic rings. The fraction of sp³-hybridized carbons (Fsp3) is 0.0538. The van der Waals surface area contributed by atoms with Crippen LogP contribution in [-0.2, 0) is 17.3 Å². The maximum absolute atomic E-state index is 2.53. The second-order valence-electron chi connectivity index (χ2n) is 26.6. The molecule has 20 rings (SSSR count). The molecule has 0 aliphatic heterocycles. The molecule has 444 valence electrons. The van der Waals surface area contributed by atoms with E-state index in [1.54, 1.807) is 0 Å². The Labute approximate surface area is 553 Å². The highest BCUT2D eigenvalue weighted by molar-refractivity contribution is 6.10. The van der Waals surface area contributed by atoms with Crippen LogP contribution in [0.3, 0.4) is 0 Å². The molecule has 4 aliphatic carbocycles. The standard InChI is InChI=1S/C93H62N2/c1-3-59-34-40-70(41-35-59)94(68-22-6-4-7-23-68)71-42-46-74-64(51-71)39-45-81-83-55-67-50-62(36-37-63(67)57-89(83)93(91(74)81)86-32-18-14-28-78(86)79-29-15-19-33-87(79)93)66-48-58(2)49-73(53-66)95(69-24-8-5-9-25-69)72-43-47-75-65(52-72)38-44-80-82-54-60-20-10-11-21-61(60)56-88(82)92(90(75)80)84-30-16-12-26-76(84)77-27-13-17-31-85(77)92/h4-57H,3H2,1-2H3. The van der Waals surface area contributed by atoms with Gasteiger partial charge in [0.05, 0.1) is 10.8 Å². The summed E-state index contributed by atoms with van der Waals surface area (Å²) in [6.45, 7) is 4.46. The molecule has 0 radical (unpaired) electrons. The topological polar surface area (TPSA) is 6.48 Å². The van der Waals surface area contributed by atoms with E-state index in [4.69, 9.17) is 0 Å². The van der Waals surface area contributed by atoms with Crippen molar-refractivity contribution in [3.8, 4) is 55.6 Å². The van der Waals surface area contributed by atoms with Crippen molar-refractivity contribution in [1.82, 2.24) is 0 Å². The number of para-hydroxylation sites is 2. The van der Waals surface area contributed by atoms with Gasteiger partial charge in [-0.15, -0.1) is 0 Å². The summed E-state index contributed by atoms with van der Waals surface area (Å²) in [5.41, 5.74) is 31.8. The normalized spacial score (nSPS) is 13.6. The third-order valence-electron chi connectivity index (χ3n) is 21.7. The van der Waals surface area contributed by atoms with E-state index in [2.05, 4.69) is 351 Å². The van der Waals surface area contributed by atoms with E-state index < -0.39 is 10.8 Å². The number of fused-ring (bicyclic) bond motifs is 26. The molecule has 0 saturated carbocycles. The van der Waals surface area contributed by atoms with E-state index in [0.717, 1.165) is 40.5 Å². The monoisotopic (exact) mass is 1210 g/mol. The van der Waals surface area contributed by atoms with E-state index >= 15 is 0 Å². The number of nitrogens with zero attached hydrogens (tertiary/aromatic N) is 2. The minimum Gasteiger partial charge on any atom is -0.310 e. The summed E-state index contributed by atoms with van der Waals surface area (Å²) in [6, 6.07) is 125. The number of benzene rings is 16. The first kappa shape index (κ1) is 53.8. The summed E-state index contributed by atoms with van der Waals surface area (Å²) < 4.78 is 0. The molecule has 0 unspecified atom stereocenters. The van der Waals surface area contributed by atoms with Gasteiger partial charge in [0.15, 0.2) is 0 Å². The zero-order valence-corrected chi connectivity index (χ0v) is 52.8. The summed E-state index contributed by atoms with van der Waals surface area (Å²) in [7, 11) is 0. The van der Waals surface area contributed by atoms with Gasteiger partial charge in [0.2, 0.25) is 0 Å². The van der Waals surface area contributed by atoms with Gasteiger partial charge in [-0.05, 0) is 271 Å². The van der Waals surface area contributed by atoms with Gasteiger partial charge in [0.25, 0.3) is 0 Å². The van der Waals surface area contributed by atoms with E-state index in [-0.39, 0.29) is 0 Å². The van der Waals surface area contributed by atoms with Crippen molar-refractivity contribution < 1.29 is 0 Å². The first-order chi connectivity index (χ1) is 46.9. The second kappa shape index (κ2) is 20.3. The molecule has 95 heavy (non-hydrogen) atoms. The Morgan fingerprint density at radius 1 is 0.242 bits per heavy atom. The van der Waals surface area contributed by atoms with E-state index in [9.17, 15) is 0 Å². The van der Waals surface area contributed by atoms with Crippen molar-refractivity contribution in [2.24, 2.45) is 0 Å². The molecule has 16 aromatic carbocycles. The zero-order valence-electron chi connectivity index (χ0n) is 52.8. The van der Waals surface area contributed by atoms with Crippen molar-refractivity contribution in [2.75, 3.05) is 9.80 Å². The maximum Gasteiger partial charge on any atom is 0.0731 e. The molecule has 0 atom stereocenters. The lowest BCUT2D eigenvalue weighted by Gasteiger charge is -2.32. The van der Waals surface area contributed by atoms with E-state index in [1.807, 2.05) is 0 Å². The van der Waals surface area contributed by atoms with Crippen molar-refractivity contribution in [2.45, 2.75) is 31.1 Å². The summed E-state index contributed by atoms with van der Waals surface area (Å²) in [4.78, 5) is 4.85. The van der Waals surface area contributed by atoms with Crippen LogP contribution < -0.4 is 9.80 Å². The minimum absolute atomic E-state index is 0.488. The lowest BCUT2D eigenvalue weighted by atomic mass is 9.69. The number of rotatable bonds is 8. The van der Waals surface area contributed by atoms with E-state index in [1.165, 1.54) is 154 Å². The van der Waals surface area contributed by atoms with Crippen LogP contribution in [0.5, 0.6) is 0 Å². The fourth-order valence-corrected chi connectivity index (χ4v) is 17.8. The van der Waals surface area contributed by atoms with Crippen LogP contribution in [0.25, 0.3) is 98.7 Å². The predicted molar refractivity (Wildman–Crippen MR) is 398 cm³/mol. The summed E-state index contributed by atoms with van der Waals surface area (Å²) in [6.07, 6.45) is 1.00. The molecule has 2 heteroatoms. The molecule has 0 fully saturated rings. The molecule has 0 N–H and O–H groups in total. The van der Waals surface area contributed by atoms with Gasteiger partial charge >= 0.3 is 0 Å². The van der Waals surface area contributed by atoms with Crippen molar-refractivity contribution in [3.63, 3.8) is 0 Å². The summed E-state index contributed by atoms with van der Waals surface area (Å²) in [5, 5.41) is 9.95. The van der Waals surface area contributed by atoms with Gasteiger partial charge in [-0.3, -0.25) is 0 Å². The summed E-state index contributed by atoms with van der Waals surface area (Å²) in [5.74, 6) is 0. The van der Waals surface area contributed by atoms with Crippen molar-refractivity contribution in [1.29, 1.82) is 0 Å². The Morgan fingerprint density at radius 3 is 1.16 bits per heavy atom. The Bertz CT molecular complexity index is 5830. The summed E-state index contributed by atoms with van der Waals surface area (Å²) >= 11 is 0. The Balaban J connectivity index is 0.733. The first-order valence-electron chi connectivity index (χ1n) is 33.5. The van der Waals surface area contributed by atoms with Crippen molar-refractivity contribution >= 4 is 77.2 Å². The molecule has 0 heterocycles. The van der Waals surface area contributed by atoms with Gasteiger partial charge in [-0.25, -0.2) is 0 Å². The van der Waals surface area contributed by atoms with Gasteiger partial charge < -0.3 is 9.80 Å². The Morgan fingerprint density at radius 2 is 0.653 bits per heavy atom.